The third-order valence-electron chi connectivity index (χ3n) is 2.52. The lowest BCUT2D eigenvalue weighted by Crippen LogP contribution is -2.16. The van der Waals surface area contributed by atoms with Crippen LogP contribution in [0.25, 0.3) is 5.65 Å². The molecule has 2 N–H and O–H groups in total. The van der Waals surface area contributed by atoms with E-state index in [4.69, 9.17) is 0 Å². The number of nitrogens with zero attached hydrogens (tertiary/aromatic N) is 3. The third-order valence-corrected chi connectivity index (χ3v) is 3.21. The van der Waals surface area contributed by atoms with Crippen LogP contribution < -0.4 is 10.9 Å². The second kappa shape index (κ2) is 4.32. The maximum Gasteiger partial charge on any atom is 0.272 e. The summed E-state index contributed by atoms with van der Waals surface area (Å²) in [5, 5.41) is 7.62. The number of thiazole rings is 1. The first-order valence-corrected chi connectivity index (χ1v) is 6.32. The summed E-state index contributed by atoms with van der Waals surface area (Å²) in [4.78, 5) is 32.0. The van der Waals surface area contributed by atoms with Gasteiger partial charge in [-0.2, -0.15) is 0 Å². The van der Waals surface area contributed by atoms with Crippen molar-refractivity contribution in [3.63, 3.8) is 0 Å². The van der Waals surface area contributed by atoms with E-state index >= 15 is 0 Å². The number of carbonyl (C=O) groups excluding carboxylic acids is 1. The number of anilines is 1. The first-order chi connectivity index (χ1) is 9.15. The van der Waals surface area contributed by atoms with Crippen LogP contribution in [0.15, 0.2) is 28.6 Å². The fraction of sp³-hybridized carbons (Fsp3) is 0.0909. The van der Waals surface area contributed by atoms with Crippen molar-refractivity contribution in [2.45, 2.75) is 6.92 Å². The summed E-state index contributed by atoms with van der Waals surface area (Å²) < 4.78 is 1.23. The molecule has 3 aromatic heterocycles. The molecule has 3 rings (SSSR count). The molecular weight excluding hydrogens is 266 g/mol. The summed E-state index contributed by atoms with van der Waals surface area (Å²) >= 11 is 1.32. The summed E-state index contributed by atoms with van der Waals surface area (Å²) in [7, 11) is 0. The predicted octanol–water partition coefficient (Wildman–Crippen LogP) is 1.04. The number of amides is 1. The molecule has 0 aliphatic rings. The predicted molar refractivity (Wildman–Crippen MR) is 70.6 cm³/mol. The Bertz CT molecular complexity index is 802. The number of aromatic amines is 1. The minimum atomic E-state index is -0.355. The minimum Gasteiger partial charge on any atom is -0.298 e. The Morgan fingerprint density at radius 2 is 2.37 bits per heavy atom. The van der Waals surface area contributed by atoms with Crippen molar-refractivity contribution >= 4 is 28.0 Å². The molecule has 0 aliphatic heterocycles. The third kappa shape index (κ3) is 2.02. The van der Waals surface area contributed by atoms with E-state index in [0.29, 0.717) is 22.0 Å². The number of aryl methyl sites for hydroxylation is 1. The second-order valence-electron chi connectivity index (χ2n) is 3.87. The van der Waals surface area contributed by atoms with Gasteiger partial charge in [-0.3, -0.25) is 20.0 Å². The molecule has 8 heteroatoms. The molecule has 19 heavy (non-hydrogen) atoms. The molecule has 0 bridgehead atoms. The van der Waals surface area contributed by atoms with Gasteiger partial charge in [-0.05, 0) is 6.92 Å². The largest absolute Gasteiger partial charge is 0.298 e. The molecule has 96 valence electrons. The smallest absolute Gasteiger partial charge is 0.272 e. The van der Waals surface area contributed by atoms with Gasteiger partial charge in [0.2, 0.25) is 0 Å². The number of fused-ring (bicyclic) bond motifs is 1. The van der Waals surface area contributed by atoms with Crippen LogP contribution in [0.4, 0.5) is 5.13 Å². The van der Waals surface area contributed by atoms with E-state index in [1.807, 2.05) is 0 Å². The number of nitrogens with one attached hydrogen (secondary N) is 2. The Morgan fingerprint density at radius 3 is 3.11 bits per heavy atom. The zero-order valence-electron chi connectivity index (χ0n) is 9.88. The maximum absolute atomic E-state index is 12.1. The van der Waals surface area contributed by atoms with Crippen LogP contribution in [0.5, 0.6) is 0 Å². The van der Waals surface area contributed by atoms with Crippen molar-refractivity contribution < 1.29 is 4.79 Å². The van der Waals surface area contributed by atoms with E-state index in [9.17, 15) is 9.59 Å². The number of rotatable bonds is 2. The molecule has 0 saturated carbocycles. The number of hydrogen-bond acceptors (Lipinski definition) is 5. The van der Waals surface area contributed by atoms with Crippen molar-refractivity contribution in [3.8, 4) is 0 Å². The molecule has 0 spiro atoms. The highest BCUT2D eigenvalue weighted by Crippen LogP contribution is 2.14. The summed E-state index contributed by atoms with van der Waals surface area (Å²) in [5.41, 5.74) is 0.916. The standard InChI is InChI=1S/C11H9N5O2S/c1-6-4-8(17)16-9(14-6)7(5-13-16)10(18)15-11-12-2-3-19-11/h2-5,13H,1H3,(H,12,15,18). The summed E-state index contributed by atoms with van der Waals surface area (Å²) in [5.74, 6) is -0.355. The van der Waals surface area contributed by atoms with E-state index in [-0.39, 0.29) is 11.5 Å². The molecule has 3 heterocycles. The van der Waals surface area contributed by atoms with E-state index in [1.54, 1.807) is 18.5 Å². The van der Waals surface area contributed by atoms with Crippen LogP contribution in [0.1, 0.15) is 16.1 Å². The zero-order chi connectivity index (χ0) is 13.4. The molecule has 0 aromatic carbocycles. The lowest BCUT2D eigenvalue weighted by Gasteiger charge is -1.99. The van der Waals surface area contributed by atoms with Gasteiger partial charge >= 0.3 is 0 Å². The molecule has 1 amide bonds. The molecule has 0 unspecified atom stereocenters. The van der Waals surface area contributed by atoms with Gasteiger partial charge in [0.05, 0.1) is 0 Å². The van der Waals surface area contributed by atoms with Gasteiger partial charge < -0.3 is 0 Å². The highest BCUT2D eigenvalue weighted by Gasteiger charge is 2.15. The molecule has 7 nitrogen and oxygen atoms in total. The van der Waals surface area contributed by atoms with Crippen LogP contribution in [0.3, 0.4) is 0 Å². The highest BCUT2D eigenvalue weighted by atomic mass is 32.1. The number of H-pyrrole nitrogens is 1. The minimum absolute atomic E-state index is 0.254. The Kier molecular flexibility index (Phi) is 2.64. The average Bonchev–Trinajstić information content (AvgIpc) is 2.97. The van der Waals surface area contributed by atoms with E-state index in [1.165, 1.54) is 28.1 Å². The molecule has 0 radical (unpaired) electrons. The number of aromatic nitrogens is 4. The van der Waals surface area contributed by atoms with Crippen LogP contribution in [0, 0.1) is 6.92 Å². The lowest BCUT2D eigenvalue weighted by atomic mass is 10.3. The average molecular weight is 275 g/mol. The number of carbonyl (C=O) groups is 1. The monoisotopic (exact) mass is 275 g/mol. The quantitative estimate of drug-likeness (QED) is 0.731. The van der Waals surface area contributed by atoms with Gasteiger partial charge in [-0.25, -0.2) is 14.5 Å². The van der Waals surface area contributed by atoms with Gasteiger partial charge in [0, 0.05) is 29.5 Å². The Morgan fingerprint density at radius 1 is 1.53 bits per heavy atom. The van der Waals surface area contributed by atoms with Crippen LogP contribution in [-0.2, 0) is 0 Å². The molecule has 0 atom stereocenters. The molecule has 3 aromatic rings. The normalized spacial score (nSPS) is 10.8. The topological polar surface area (TPSA) is 92.1 Å². The first kappa shape index (κ1) is 11.6. The molecular formula is C11H9N5O2S. The first-order valence-electron chi connectivity index (χ1n) is 5.44. The summed E-state index contributed by atoms with van der Waals surface area (Å²) in [6.07, 6.45) is 3.05. The van der Waals surface area contributed by atoms with Crippen LogP contribution in [0.2, 0.25) is 0 Å². The molecule has 0 saturated heterocycles. The SMILES string of the molecule is Cc1cc(=O)n2[nH]cc(C(=O)Nc3nccs3)c2n1. The van der Waals surface area contributed by atoms with Crippen molar-refractivity contribution in [3.05, 3.63) is 45.5 Å². The summed E-state index contributed by atoms with van der Waals surface area (Å²) in [6.45, 7) is 1.71. The Hall–Kier alpha value is -2.48. The van der Waals surface area contributed by atoms with Gasteiger partial charge in [0.25, 0.3) is 11.5 Å². The van der Waals surface area contributed by atoms with Gasteiger partial charge in [-0.1, -0.05) is 0 Å². The van der Waals surface area contributed by atoms with Crippen molar-refractivity contribution in [1.82, 2.24) is 19.6 Å². The van der Waals surface area contributed by atoms with Gasteiger partial charge in [0.15, 0.2) is 10.8 Å². The van der Waals surface area contributed by atoms with E-state index < -0.39 is 0 Å². The fourth-order valence-corrected chi connectivity index (χ4v) is 2.24. The Balaban J connectivity index is 2.06. The molecule has 0 fully saturated rings. The second-order valence-corrected chi connectivity index (χ2v) is 4.77. The van der Waals surface area contributed by atoms with Crippen molar-refractivity contribution in [1.29, 1.82) is 0 Å². The van der Waals surface area contributed by atoms with E-state index in [0.717, 1.165) is 0 Å². The van der Waals surface area contributed by atoms with Crippen LogP contribution in [-0.4, -0.2) is 25.5 Å². The zero-order valence-corrected chi connectivity index (χ0v) is 10.7. The number of hydrogen-bond donors (Lipinski definition) is 2. The highest BCUT2D eigenvalue weighted by molar-refractivity contribution is 7.13. The molecule has 0 aliphatic carbocycles. The van der Waals surface area contributed by atoms with Crippen molar-refractivity contribution in [2.75, 3.05) is 5.32 Å². The maximum atomic E-state index is 12.1. The van der Waals surface area contributed by atoms with Gasteiger partial charge in [0.1, 0.15) is 5.56 Å². The van der Waals surface area contributed by atoms with Gasteiger partial charge in [-0.15, -0.1) is 11.3 Å². The summed E-state index contributed by atoms with van der Waals surface area (Å²) in [6, 6.07) is 1.39. The Labute approximate surface area is 110 Å². The fourth-order valence-electron chi connectivity index (χ4n) is 1.71. The van der Waals surface area contributed by atoms with Crippen molar-refractivity contribution in [2.24, 2.45) is 0 Å². The lowest BCUT2D eigenvalue weighted by molar-refractivity contribution is 0.102. The van der Waals surface area contributed by atoms with E-state index in [2.05, 4.69) is 20.4 Å². The van der Waals surface area contributed by atoms with Crippen LogP contribution >= 0.6 is 11.3 Å².